The highest BCUT2D eigenvalue weighted by Crippen LogP contribution is 2.30. The van der Waals surface area contributed by atoms with E-state index in [-0.39, 0.29) is 35.3 Å². The third kappa shape index (κ3) is 8.68. The second kappa shape index (κ2) is 13.3. The van der Waals surface area contributed by atoms with Crippen molar-refractivity contribution in [2.45, 2.75) is 39.7 Å². The summed E-state index contributed by atoms with van der Waals surface area (Å²) in [5, 5.41) is 6.57. The Kier molecular flexibility index (Phi) is 11.5. The molecule has 0 aliphatic heterocycles. The molecule has 2 aromatic rings. The van der Waals surface area contributed by atoms with Gasteiger partial charge < -0.3 is 20.3 Å². The summed E-state index contributed by atoms with van der Waals surface area (Å²) >= 11 is 0. The van der Waals surface area contributed by atoms with Gasteiger partial charge in [0.25, 0.3) is 5.91 Å². The molecule has 0 aliphatic rings. The summed E-state index contributed by atoms with van der Waals surface area (Å²) in [7, 11) is 3.50. The Labute approximate surface area is 209 Å². The van der Waals surface area contributed by atoms with E-state index >= 15 is 0 Å². The fraction of sp³-hybridized carbons (Fsp3) is 0.440. The number of aliphatic imine (C=N–C) groups is 1. The van der Waals surface area contributed by atoms with Gasteiger partial charge in [0.2, 0.25) is 0 Å². The number of carbonyl (C=O) groups is 1. The monoisotopic (exact) mass is 552 g/mol. The second-order valence-electron chi connectivity index (χ2n) is 8.61. The van der Waals surface area contributed by atoms with Crippen molar-refractivity contribution in [3.8, 4) is 5.75 Å². The molecule has 0 aromatic heterocycles. The normalized spacial score (nSPS) is 11.4. The predicted octanol–water partition coefficient (Wildman–Crippen LogP) is 4.44. The molecule has 32 heavy (non-hydrogen) atoms. The van der Waals surface area contributed by atoms with E-state index in [9.17, 15) is 4.79 Å². The van der Waals surface area contributed by atoms with E-state index in [1.807, 2.05) is 49.4 Å². The van der Waals surface area contributed by atoms with Gasteiger partial charge in [-0.3, -0.25) is 4.79 Å². The van der Waals surface area contributed by atoms with Crippen LogP contribution in [0.25, 0.3) is 0 Å². The molecular formula is C25H37IN4O2. The number of carbonyl (C=O) groups excluding carboxylic acids is 1. The number of ether oxygens (including phenoxy) is 1. The zero-order valence-electron chi connectivity index (χ0n) is 20.1. The Morgan fingerprint density at radius 3 is 2.28 bits per heavy atom. The van der Waals surface area contributed by atoms with Crippen LogP contribution in [-0.4, -0.2) is 50.6 Å². The quantitative estimate of drug-likeness (QED) is 0.220. The average molecular weight is 553 g/mol. The first-order chi connectivity index (χ1) is 14.7. The van der Waals surface area contributed by atoms with Crippen molar-refractivity contribution in [2.75, 3.05) is 33.8 Å². The molecule has 0 saturated carbocycles. The highest BCUT2D eigenvalue weighted by atomic mass is 127. The number of hydrogen-bond donors (Lipinski definition) is 2. The van der Waals surface area contributed by atoms with Crippen LogP contribution < -0.4 is 15.4 Å². The Hall–Kier alpha value is -2.29. The molecule has 0 spiro atoms. The number of amides is 1. The van der Waals surface area contributed by atoms with Crippen molar-refractivity contribution in [3.05, 3.63) is 65.2 Å². The first-order valence-corrected chi connectivity index (χ1v) is 10.8. The maximum Gasteiger partial charge on any atom is 0.253 e. The molecule has 2 rings (SSSR count). The van der Waals surface area contributed by atoms with E-state index in [0.717, 1.165) is 23.8 Å². The summed E-state index contributed by atoms with van der Waals surface area (Å²) in [6, 6.07) is 15.7. The van der Waals surface area contributed by atoms with Gasteiger partial charge in [-0.15, -0.1) is 24.0 Å². The Bertz CT molecular complexity index is 874. The first-order valence-electron chi connectivity index (χ1n) is 10.8. The molecule has 0 fully saturated rings. The predicted molar refractivity (Wildman–Crippen MR) is 143 cm³/mol. The van der Waals surface area contributed by atoms with E-state index < -0.39 is 0 Å². The molecule has 2 N–H and O–H groups in total. The zero-order chi connectivity index (χ0) is 22.9. The van der Waals surface area contributed by atoms with Gasteiger partial charge in [0.15, 0.2) is 5.96 Å². The molecule has 0 heterocycles. The van der Waals surface area contributed by atoms with Crippen LogP contribution in [0.2, 0.25) is 0 Å². The van der Waals surface area contributed by atoms with Gasteiger partial charge in [0.1, 0.15) is 12.4 Å². The average Bonchev–Trinajstić information content (AvgIpc) is 2.74. The number of halogens is 1. The van der Waals surface area contributed by atoms with Gasteiger partial charge >= 0.3 is 0 Å². The first kappa shape index (κ1) is 27.7. The molecule has 7 heteroatoms. The summed E-state index contributed by atoms with van der Waals surface area (Å²) in [6.07, 6.45) is 0. The molecule has 0 radical (unpaired) electrons. The topological polar surface area (TPSA) is 66.0 Å². The van der Waals surface area contributed by atoms with Crippen molar-refractivity contribution in [1.82, 2.24) is 15.5 Å². The fourth-order valence-corrected chi connectivity index (χ4v) is 3.07. The minimum atomic E-state index is -0.00177. The lowest BCUT2D eigenvalue weighted by Gasteiger charge is -2.22. The second-order valence-corrected chi connectivity index (χ2v) is 8.61. The SMILES string of the molecule is CCNC(=NCc1ccc(C(=O)N(C)C)cc1)NCCOc1ccccc1C(C)(C)C.I. The maximum absolute atomic E-state index is 12.0. The molecule has 0 aliphatic carbocycles. The summed E-state index contributed by atoms with van der Waals surface area (Å²) in [4.78, 5) is 18.2. The number of para-hydroxylation sites is 1. The van der Waals surface area contributed by atoms with Crippen LogP contribution in [-0.2, 0) is 12.0 Å². The van der Waals surface area contributed by atoms with Crippen molar-refractivity contribution >= 4 is 35.8 Å². The van der Waals surface area contributed by atoms with E-state index in [0.29, 0.717) is 25.3 Å². The maximum atomic E-state index is 12.0. The standard InChI is InChI=1S/C25H36N4O2.HI/c1-7-26-24(28-18-19-12-14-20(15-13-19)23(30)29(5)6)27-16-17-31-22-11-9-8-10-21(22)25(2,3)4;/h8-15H,7,16-18H2,1-6H3,(H2,26,27,28);1H. The summed E-state index contributed by atoms with van der Waals surface area (Å²) in [6.45, 7) is 11.1. The van der Waals surface area contributed by atoms with Crippen molar-refractivity contribution in [3.63, 3.8) is 0 Å². The summed E-state index contributed by atoms with van der Waals surface area (Å²) in [5.74, 6) is 1.66. The van der Waals surface area contributed by atoms with E-state index in [4.69, 9.17) is 4.74 Å². The van der Waals surface area contributed by atoms with Gasteiger partial charge in [0.05, 0.1) is 13.1 Å². The van der Waals surface area contributed by atoms with Gasteiger partial charge in [-0.25, -0.2) is 4.99 Å². The third-order valence-corrected chi connectivity index (χ3v) is 4.72. The molecule has 0 atom stereocenters. The number of nitrogens with one attached hydrogen (secondary N) is 2. The molecule has 2 aromatic carbocycles. The third-order valence-electron chi connectivity index (χ3n) is 4.72. The van der Waals surface area contributed by atoms with Gasteiger partial charge in [-0.2, -0.15) is 0 Å². The Morgan fingerprint density at radius 1 is 1.03 bits per heavy atom. The van der Waals surface area contributed by atoms with Crippen LogP contribution in [0.3, 0.4) is 0 Å². The molecule has 6 nitrogen and oxygen atoms in total. The Morgan fingerprint density at radius 2 is 1.69 bits per heavy atom. The van der Waals surface area contributed by atoms with E-state index in [2.05, 4.69) is 42.5 Å². The molecule has 176 valence electrons. The molecular weight excluding hydrogens is 515 g/mol. The van der Waals surface area contributed by atoms with Gasteiger partial charge in [-0.05, 0) is 41.7 Å². The smallest absolute Gasteiger partial charge is 0.253 e. The largest absolute Gasteiger partial charge is 0.491 e. The van der Waals surface area contributed by atoms with Crippen LogP contribution >= 0.6 is 24.0 Å². The lowest BCUT2D eigenvalue weighted by atomic mass is 9.86. The van der Waals surface area contributed by atoms with Crippen LogP contribution in [0.5, 0.6) is 5.75 Å². The van der Waals surface area contributed by atoms with Crippen LogP contribution in [0, 0.1) is 0 Å². The Balaban J connectivity index is 0.00000512. The lowest BCUT2D eigenvalue weighted by molar-refractivity contribution is 0.0827. The molecule has 1 amide bonds. The minimum Gasteiger partial charge on any atom is -0.491 e. The number of benzene rings is 2. The highest BCUT2D eigenvalue weighted by Gasteiger charge is 2.18. The summed E-state index contributed by atoms with van der Waals surface area (Å²) in [5.41, 5.74) is 2.96. The lowest BCUT2D eigenvalue weighted by Crippen LogP contribution is -2.39. The number of rotatable bonds is 8. The highest BCUT2D eigenvalue weighted by molar-refractivity contribution is 14.0. The minimum absolute atomic E-state index is 0. The van der Waals surface area contributed by atoms with Crippen LogP contribution in [0.4, 0.5) is 0 Å². The number of hydrogen-bond acceptors (Lipinski definition) is 3. The van der Waals surface area contributed by atoms with Crippen molar-refractivity contribution < 1.29 is 9.53 Å². The van der Waals surface area contributed by atoms with E-state index in [1.165, 1.54) is 5.56 Å². The molecule has 0 unspecified atom stereocenters. The van der Waals surface area contributed by atoms with Crippen LogP contribution in [0.1, 0.15) is 49.2 Å². The van der Waals surface area contributed by atoms with Gasteiger partial charge in [0, 0.05) is 26.2 Å². The number of guanidine groups is 1. The fourth-order valence-electron chi connectivity index (χ4n) is 3.07. The molecule has 0 saturated heterocycles. The zero-order valence-corrected chi connectivity index (χ0v) is 22.4. The van der Waals surface area contributed by atoms with E-state index in [1.54, 1.807) is 19.0 Å². The van der Waals surface area contributed by atoms with Crippen molar-refractivity contribution in [2.24, 2.45) is 4.99 Å². The van der Waals surface area contributed by atoms with Gasteiger partial charge in [-0.1, -0.05) is 51.1 Å². The van der Waals surface area contributed by atoms with Crippen molar-refractivity contribution in [1.29, 1.82) is 0 Å². The van der Waals surface area contributed by atoms with Crippen LogP contribution in [0.15, 0.2) is 53.5 Å². The molecule has 0 bridgehead atoms. The summed E-state index contributed by atoms with van der Waals surface area (Å²) < 4.78 is 6.03. The number of nitrogens with zero attached hydrogens (tertiary/aromatic N) is 2.